The lowest BCUT2D eigenvalue weighted by molar-refractivity contribution is -0.133. The zero-order chi connectivity index (χ0) is 8.15. The Kier molecular flexibility index (Phi) is 3.25. The molecule has 0 aromatic heterocycles. The fourth-order valence-corrected chi connectivity index (χ4v) is 0.325. The van der Waals surface area contributed by atoms with E-state index in [0.29, 0.717) is 11.3 Å². The van der Waals surface area contributed by atoms with E-state index in [0.717, 1.165) is 6.26 Å². The zero-order valence-electron chi connectivity index (χ0n) is 6.18. The largest absolute Gasteiger partial charge is 0.432 e. The van der Waals surface area contributed by atoms with Crippen LogP contribution in [0.25, 0.3) is 0 Å². The summed E-state index contributed by atoms with van der Waals surface area (Å²) >= 11 is 0. The van der Waals surface area contributed by atoms with E-state index in [9.17, 15) is 4.79 Å². The summed E-state index contributed by atoms with van der Waals surface area (Å²) in [6.07, 6.45) is 1.08. The second kappa shape index (κ2) is 3.71. The molecular formula is C7H11NO2. The third kappa shape index (κ3) is 2.35. The van der Waals surface area contributed by atoms with Crippen molar-refractivity contribution in [2.75, 3.05) is 0 Å². The summed E-state index contributed by atoms with van der Waals surface area (Å²) in [5.41, 5.74) is 6.19. The summed E-state index contributed by atoms with van der Waals surface area (Å²) in [4.78, 5) is 10.8. The molecule has 2 N–H and O–H groups in total. The highest BCUT2D eigenvalue weighted by Gasteiger charge is 2.04. The highest BCUT2D eigenvalue weighted by Crippen LogP contribution is 1.99. The monoisotopic (exact) mass is 141 g/mol. The SMILES string of the molecule is C=COC(=O)/C(C)=C(\C)N. The number of allylic oxidation sites excluding steroid dienone is 1. The molecule has 0 atom stereocenters. The average Bonchev–Trinajstić information content (AvgIpc) is 1.87. The smallest absolute Gasteiger partial charge is 0.340 e. The molecule has 0 saturated heterocycles. The van der Waals surface area contributed by atoms with Crippen LogP contribution in [0, 0.1) is 0 Å². The molecule has 0 unspecified atom stereocenters. The van der Waals surface area contributed by atoms with Gasteiger partial charge in [-0.3, -0.25) is 0 Å². The third-order valence-corrected chi connectivity index (χ3v) is 1.09. The number of esters is 1. The minimum Gasteiger partial charge on any atom is -0.432 e. The van der Waals surface area contributed by atoms with Gasteiger partial charge in [0.25, 0.3) is 0 Å². The van der Waals surface area contributed by atoms with Crippen molar-refractivity contribution in [1.29, 1.82) is 0 Å². The molecule has 0 radical (unpaired) electrons. The van der Waals surface area contributed by atoms with Crippen molar-refractivity contribution in [2.24, 2.45) is 5.73 Å². The summed E-state index contributed by atoms with van der Waals surface area (Å²) < 4.78 is 4.45. The van der Waals surface area contributed by atoms with Gasteiger partial charge in [-0.1, -0.05) is 6.58 Å². The van der Waals surface area contributed by atoms with Gasteiger partial charge in [-0.25, -0.2) is 4.79 Å². The lowest BCUT2D eigenvalue weighted by atomic mass is 10.2. The van der Waals surface area contributed by atoms with Crippen LogP contribution in [0.2, 0.25) is 0 Å². The molecule has 0 heterocycles. The highest BCUT2D eigenvalue weighted by atomic mass is 16.5. The Morgan fingerprint density at radius 3 is 2.40 bits per heavy atom. The van der Waals surface area contributed by atoms with Gasteiger partial charge in [-0.05, 0) is 13.8 Å². The third-order valence-electron chi connectivity index (χ3n) is 1.09. The predicted octanol–water partition coefficient (Wildman–Crippen LogP) is 0.926. The second-order valence-corrected chi connectivity index (χ2v) is 1.88. The highest BCUT2D eigenvalue weighted by molar-refractivity contribution is 5.88. The minimum atomic E-state index is -0.449. The number of ether oxygens (including phenoxy) is 1. The molecule has 3 nitrogen and oxygen atoms in total. The molecule has 10 heavy (non-hydrogen) atoms. The molecule has 0 rings (SSSR count). The van der Waals surface area contributed by atoms with Crippen molar-refractivity contribution in [3.8, 4) is 0 Å². The van der Waals surface area contributed by atoms with Gasteiger partial charge in [0, 0.05) is 5.70 Å². The van der Waals surface area contributed by atoms with Crippen LogP contribution in [0.3, 0.4) is 0 Å². The van der Waals surface area contributed by atoms with Gasteiger partial charge in [0.1, 0.15) is 0 Å². The summed E-state index contributed by atoms with van der Waals surface area (Å²) in [5.74, 6) is -0.449. The Balaban J connectivity index is 4.22. The molecule has 0 spiro atoms. The first-order valence-corrected chi connectivity index (χ1v) is 2.84. The maximum atomic E-state index is 10.8. The van der Waals surface area contributed by atoms with Gasteiger partial charge in [0.05, 0.1) is 11.8 Å². The number of rotatable bonds is 2. The van der Waals surface area contributed by atoms with Crippen LogP contribution in [0.15, 0.2) is 24.1 Å². The maximum Gasteiger partial charge on any atom is 0.340 e. The quantitative estimate of drug-likeness (QED) is 0.353. The first-order valence-electron chi connectivity index (χ1n) is 2.84. The molecule has 0 aliphatic heterocycles. The molecule has 3 heteroatoms. The van der Waals surface area contributed by atoms with E-state index in [2.05, 4.69) is 11.3 Å². The van der Waals surface area contributed by atoms with E-state index in [1.165, 1.54) is 0 Å². The van der Waals surface area contributed by atoms with Gasteiger partial charge < -0.3 is 10.5 Å². The van der Waals surface area contributed by atoms with Crippen molar-refractivity contribution in [1.82, 2.24) is 0 Å². The van der Waals surface area contributed by atoms with E-state index in [1.807, 2.05) is 0 Å². The maximum absolute atomic E-state index is 10.8. The van der Waals surface area contributed by atoms with Crippen LogP contribution >= 0.6 is 0 Å². The second-order valence-electron chi connectivity index (χ2n) is 1.88. The number of carbonyl (C=O) groups excluding carboxylic acids is 1. The molecular weight excluding hydrogens is 130 g/mol. The summed E-state index contributed by atoms with van der Waals surface area (Å²) in [6.45, 7) is 6.47. The van der Waals surface area contributed by atoms with Crippen molar-refractivity contribution < 1.29 is 9.53 Å². The van der Waals surface area contributed by atoms with Crippen LogP contribution in [-0.4, -0.2) is 5.97 Å². The van der Waals surface area contributed by atoms with Crippen LogP contribution in [0.4, 0.5) is 0 Å². The fourth-order valence-electron chi connectivity index (χ4n) is 0.325. The summed E-state index contributed by atoms with van der Waals surface area (Å²) in [5, 5.41) is 0. The van der Waals surface area contributed by atoms with Gasteiger partial charge in [0.15, 0.2) is 0 Å². The molecule has 0 aromatic carbocycles. The topological polar surface area (TPSA) is 52.3 Å². The Hall–Kier alpha value is -1.25. The van der Waals surface area contributed by atoms with Crippen LogP contribution in [-0.2, 0) is 9.53 Å². The number of nitrogens with two attached hydrogens (primary N) is 1. The van der Waals surface area contributed by atoms with Crippen LogP contribution < -0.4 is 5.73 Å². The standard InChI is InChI=1S/C7H11NO2/c1-4-10-7(9)5(2)6(3)8/h4H,1,8H2,2-3H3/b6-5+. The molecule has 0 saturated carbocycles. The number of hydrogen-bond acceptors (Lipinski definition) is 3. The normalized spacial score (nSPS) is 11.8. The Morgan fingerprint density at radius 1 is 1.60 bits per heavy atom. The van der Waals surface area contributed by atoms with Crippen molar-refractivity contribution >= 4 is 5.97 Å². The first-order chi connectivity index (χ1) is 4.59. The van der Waals surface area contributed by atoms with Gasteiger partial charge in [-0.2, -0.15) is 0 Å². The van der Waals surface area contributed by atoms with Gasteiger partial charge >= 0.3 is 5.97 Å². The minimum absolute atomic E-state index is 0.417. The van der Waals surface area contributed by atoms with E-state index < -0.39 is 5.97 Å². The Labute approximate surface area is 60.2 Å². The molecule has 0 aliphatic rings. The fraction of sp³-hybridized carbons (Fsp3) is 0.286. The molecule has 0 bridgehead atoms. The average molecular weight is 141 g/mol. The number of hydrogen-bond donors (Lipinski definition) is 1. The predicted molar refractivity (Wildman–Crippen MR) is 38.9 cm³/mol. The molecule has 0 fully saturated rings. The van der Waals surface area contributed by atoms with Crippen LogP contribution in [0.5, 0.6) is 0 Å². The summed E-state index contributed by atoms with van der Waals surface area (Å²) in [6, 6.07) is 0. The van der Waals surface area contributed by atoms with Gasteiger partial charge in [0.2, 0.25) is 0 Å². The van der Waals surface area contributed by atoms with E-state index in [4.69, 9.17) is 5.73 Å². The zero-order valence-corrected chi connectivity index (χ0v) is 6.18. The van der Waals surface area contributed by atoms with E-state index in [-0.39, 0.29) is 0 Å². The first kappa shape index (κ1) is 8.75. The van der Waals surface area contributed by atoms with Crippen molar-refractivity contribution in [2.45, 2.75) is 13.8 Å². The summed E-state index contributed by atoms with van der Waals surface area (Å²) in [7, 11) is 0. The van der Waals surface area contributed by atoms with Crippen LogP contribution in [0.1, 0.15) is 13.8 Å². The Bertz CT molecular complexity index is 178. The molecule has 0 aromatic rings. The van der Waals surface area contributed by atoms with Crippen molar-refractivity contribution in [3.63, 3.8) is 0 Å². The van der Waals surface area contributed by atoms with Gasteiger partial charge in [-0.15, -0.1) is 0 Å². The Morgan fingerprint density at radius 2 is 2.10 bits per heavy atom. The lowest BCUT2D eigenvalue weighted by Crippen LogP contribution is -2.07. The number of carbonyl (C=O) groups is 1. The molecule has 0 amide bonds. The van der Waals surface area contributed by atoms with E-state index >= 15 is 0 Å². The van der Waals surface area contributed by atoms with Crippen molar-refractivity contribution in [3.05, 3.63) is 24.1 Å². The lowest BCUT2D eigenvalue weighted by Gasteiger charge is -1.99. The molecule has 0 aliphatic carbocycles. The molecule has 56 valence electrons. The van der Waals surface area contributed by atoms with E-state index in [1.54, 1.807) is 13.8 Å².